The number of aryl methyl sites for hydroxylation is 1. The lowest BCUT2D eigenvalue weighted by Crippen LogP contribution is -2.43. The zero-order valence-electron chi connectivity index (χ0n) is 11.4. The van der Waals surface area contributed by atoms with Crippen LogP contribution in [0.4, 0.5) is 4.39 Å². The van der Waals surface area contributed by atoms with Gasteiger partial charge in [-0.2, -0.15) is 0 Å². The summed E-state index contributed by atoms with van der Waals surface area (Å²) in [5.41, 5.74) is 0.611. The van der Waals surface area contributed by atoms with Gasteiger partial charge >= 0.3 is 0 Å². The third kappa shape index (κ3) is 3.55. The Balaban J connectivity index is 2.02. The largest absolute Gasteiger partial charge is 0.381 e. The fourth-order valence-electron chi connectivity index (χ4n) is 2.21. The van der Waals surface area contributed by atoms with Crippen LogP contribution >= 0.6 is 15.9 Å². The molecule has 0 unspecified atom stereocenters. The van der Waals surface area contributed by atoms with Crippen molar-refractivity contribution in [2.24, 2.45) is 5.41 Å². The van der Waals surface area contributed by atoms with Gasteiger partial charge in [0.15, 0.2) is 0 Å². The van der Waals surface area contributed by atoms with E-state index in [1.54, 1.807) is 6.07 Å². The molecular weight excluding hydrogens is 327 g/mol. The number of nitrogens with one attached hydrogen (secondary N) is 1. The van der Waals surface area contributed by atoms with Crippen LogP contribution in [0.5, 0.6) is 0 Å². The number of amides is 1. The van der Waals surface area contributed by atoms with E-state index in [1.807, 2.05) is 13.0 Å². The lowest BCUT2D eigenvalue weighted by Gasteiger charge is -2.34. The molecule has 1 N–H and O–H groups in total. The van der Waals surface area contributed by atoms with Crippen molar-refractivity contribution >= 4 is 21.8 Å². The first-order chi connectivity index (χ1) is 9.56. The Kier molecular flexibility index (Phi) is 5.10. The Hall–Kier alpha value is -1.01. The van der Waals surface area contributed by atoms with Gasteiger partial charge in [-0.25, -0.2) is 4.98 Å². The summed E-state index contributed by atoms with van der Waals surface area (Å²) in [6, 6.07) is 3.61. The van der Waals surface area contributed by atoms with Crippen LogP contribution in [0.25, 0.3) is 0 Å². The van der Waals surface area contributed by atoms with Gasteiger partial charge in [-0.05, 0) is 47.8 Å². The molecule has 1 fully saturated rings. The van der Waals surface area contributed by atoms with Crippen molar-refractivity contribution in [3.8, 4) is 0 Å². The first-order valence-electron chi connectivity index (χ1n) is 6.61. The summed E-state index contributed by atoms with van der Waals surface area (Å²) in [6.07, 6.45) is 1.26. The number of hydrogen-bond acceptors (Lipinski definition) is 3. The molecule has 0 aliphatic carbocycles. The molecule has 1 saturated heterocycles. The molecule has 1 aromatic heterocycles. The molecule has 0 radical (unpaired) electrons. The SMILES string of the molecule is Cc1ccc(Br)c(C(=O)NCC2(CF)CCOCC2)n1. The third-order valence-electron chi connectivity index (χ3n) is 3.66. The summed E-state index contributed by atoms with van der Waals surface area (Å²) >= 11 is 3.31. The van der Waals surface area contributed by atoms with Crippen LogP contribution in [-0.2, 0) is 4.74 Å². The van der Waals surface area contributed by atoms with Crippen LogP contribution in [0.15, 0.2) is 16.6 Å². The predicted molar refractivity (Wildman–Crippen MR) is 77.5 cm³/mol. The summed E-state index contributed by atoms with van der Waals surface area (Å²) in [5, 5.41) is 2.80. The van der Waals surface area contributed by atoms with E-state index in [0.29, 0.717) is 42.8 Å². The maximum absolute atomic E-state index is 13.3. The van der Waals surface area contributed by atoms with E-state index >= 15 is 0 Å². The molecule has 1 amide bonds. The second-order valence-corrected chi connectivity index (χ2v) is 6.07. The minimum absolute atomic E-state index is 0.278. The second-order valence-electron chi connectivity index (χ2n) is 5.21. The molecule has 0 saturated carbocycles. The van der Waals surface area contributed by atoms with Gasteiger partial charge in [-0.3, -0.25) is 9.18 Å². The number of halogens is 2. The van der Waals surface area contributed by atoms with Gasteiger partial charge in [-0.15, -0.1) is 0 Å². The van der Waals surface area contributed by atoms with Crippen LogP contribution in [-0.4, -0.2) is 37.3 Å². The fraction of sp³-hybridized carbons (Fsp3) is 0.571. The summed E-state index contributed by atoms with van der Waals surface area (Å²) in [4.78, 5) is 16.4. The van der Waals surface area contributed by atoms with Crippen molar-refractivity contribution in [2.45, 2.75) is 19.8 Å². The molecule has 0 atom stereocenters. The number of aromatic nitrogens is 1. The molecule has 2 heterocycles. The zero-order valence-corrected chi connectivity index (χ0v) is 13.0. The Bertz CT molecular complexity index is 490. The van der Waals surface area contributed by atoms with Crippen molar-refractivity contribution in [3.05, 3.63) is 28.0 Å². The first kappa shape index (κ1) is 15.4. The Morgan fingerprint density at radius 2 is 2.20 bits per heavy atom. The highest BCUT2D eigenvalue weighted by molar-refractivity contribution is 9.10. The van der Waals surface area contributed by atoms with Crippen molar-refractivity contribution in [1.29, 1.82) is 0 Å². The number of hydrogen-bond donors (Lipinski definition) is 1. The minimum Gasteiger partial charge on any atom is -0.381 e. The van der Waals surface area contributed by atoms with E-state index < -0.39 is 12.1 Å². The number of carbonyl (C=O) groups excluding carboxylic acids is 1. The molecule has 0 spiro atoms. The van der Waals surface area contributed by atoms with Crippen LogP contribution in [0.1, 0.15) is 29.0 Å². The summed E-state index contributed by atoms with van der Waals surface area (Å²) in [6.45, 7) is 2.79. The number of ether oxygens (including phenoxy) is 1. The first-order valence-corrected chi connectivity index (χ1v) is 7.41. The van der Waals surface area contributed by atoms with Crippen LogP contribution in [0.2, 0.25) is 0 Å². The van der Waals surface area contributed by atoms with Gasteiger partial charge in [0, 0.05) is 35.3 Å². The standard InChI is InChI=1S/C14H18BrFN2O2/c1-10-2-3-11(15)12(18-10)13(19)17-9-14(8-16)4-6-20-7-5-14/h2-3H,4-9H2,1H3,(H,17,19). The van der Waals surface area contributed by atoms with E-state index in [-0.39, 0.29) is 5.91 Å². The van der Waals surface area contributed by atoms with Crippen molar-refractivity contribution in [1.82, 2.24) is 10.3 Å². The molecule has 2 rings (SSSR count). The van der Waals surface area contributed by atoms with E-state index in [0.717, 1.165) is 5.69 Å². The molecule has 4 nitrogen and oxygen atoms in total. The average molecular weight is 345 g/mol. The van der Waals surface area contributed by atoms with Gasteiger partial charge in [0.05, 0.1) is 6.67 Å². The van der Waals surface area contributed by atoms with Crippen molar-refractivity contribution in [3.63, 3.8) is 0 Å². The van der Waals surface area contributed by atoms with Crippen molar-refractivity contribution in [2.75, 3.05) is 26.4 Å². The molecule has 0 bridgehead atoms. The minimum atomic E-state index is -0.496. The van der Waals surface area contributed by atoms with Gasteiger partial charge < -0.3 is 10.1 Å². The maximum Gasteiger partial charge on any atom is 0.271 e. The van der Waals surface area contributed by atoms with Gasteiger partial charge in [0.25, 0.3) is 5.91 Å². The Morgan fingerprint density at radius 1 is 1.50 bits per heavy atom. The van der Waals surface area contributed by atoms with Crippen molar-refractivity contribution < 1.29 is 13.9 Å². The molecule has 6 heteroatoms. The topological polar surface area (TPSA) is 51.2 Å². The average Bonchev–Trinajstić information content (AvgIpc) is 2.48. The molecule has 1 aliphatic heterocycles. The van der Waals surface area contributed by atoms with E-state index in [9.17, 15) is 9.18 Å². The highest BCUT2D eigenvalue weighted by Crippen LogP contribution is 2.30. The van der Waals surface area contributed by atoms with Gasteiger partial charge in [0.1, 0.15) is 5.69 Å². The molecule has 1 aromatic rings. The smallest absolute Gasteiger partial charge is 0.271 e. The number of pyridine rings is 1. The Labute approximate surface area is 126 Å². The highest BCUT2D eigenvalue weighted by Gasteiger charge is 2.33. The molecular formula is C14H18BrFN2O2. The fourth-order valence-corrected chi connectivity index (χ4v) is 2.61. The lowest BCUT2D eigenvalue weighted by molar-refractivity contribution is 0.00258. The molecule has 0 aromatic carbocycles. The quantitative estimate of drug-likeness (QED) is 0.913. The van der Waals surface area contributed by atoms with Crippen LogP contribution in [0, 0.1) is 12.3 Å². The monoisotopic (exact) mass is 344 g/mol. The number of nitrogens with zero attached hydrogens (tertiary/aromatic N) is 1. The number of rotatable bonds is 4. The Morgan fingerprint density at radius 3 is 2.85 bits per heavy atom. The van der Waals surface area contributed by atoms with Crippen LogP contribution in [0.3, 0.4) is 0 Å². The van der Waals surface area contributed by atoms with Crippen LogP contribution < -0.4 is 5.32 Å². The van der Waals surface area contributed by atoms with Gasteiger partial charge in [-0.1, -0.05) is 0 Å². The van der Waals surface area contributed by atoms with E-state index in [4.69, 9.17) is 4.74 Å². The maximum atomic E-state index is 13.3. The highest BCUT2D eigenvalue weighted by atomic mass is 79.9. The molecule has 20 heavy (non-hydrogen) atoms. The third-order valence-corrected chi connectivity index (χ3v) is 4.30. The zero-order chi connectivity index (χ0) is 14.6. The number of alkyl halides is 1. The molecule has 1 aliphatic rings. The normalized spacial score (nSPS) is 17.8. The van der Waals surface area contributed by atoms with E-state index in [1.165, 1.54) is 0 Å². The summed E-state index contributed by atoms with van der Waals surface area (Å²) in [7, 11) is 0. The molecule has 110 valence electrons. The second kappa shape index (κ2) is 6.63. The van der Waals surface area contributed by atoms with Gasteiger partial charge in [0.2, 0.25) is 0 Å². The summed E-state index contributed by atoms with van der Waals surface area (Å²) in [5.74, 6) is -0.278. The lowest BCUT2D eigenvalue weighted by atomic mass is 9.81. The number of carbonyl (C=O) groups is 1. The van der Waals surface area contributed by atoms with E-state index in [2.05, 4.69) is 26.2 Å². The predicted octanol–water partition coefficient (Wildman–Crippen LogP) is 2.65. The summed E-state index contributed by atoms with van der Waals surface area (Å²) < 4.78 is 19.2.